The molecule has 3 fully saturated rings. The van der Waals surface area contributed by atoms with Crippen molar-refractivity contribution < 1.29 is 10.2 Å². The van der Waals surface area contributed by atoms with E-state index in [9.17, 15) is 10.2 Å². The molecule has 5 N–H and O–H groups in total. The second-order valence-corrected chi connectivity index (χ2v) is 10.9. The summed E-state index contributed by atoms with van der Waals surface area (Å²) in [5.74, 6) is 0.766. The van der Waals surface area contributed by atoms with Crippen molar-refractivity contribution in [3.63, 3.8) is 0 Å². The van der Waals surface area contributed by atoms with Gasteiger partial charge in [0.2, 0.25) is 0 Å². The number of benzene rings is 1. The number of fused-ring (bicyclic) bond motifs is 1. The third-order valence-electron chi connectivity index (χ3n) is 9.23. The molecule has 3 saturated carbocycles. The van der Waals surface area contributed by atoms with Gasteiger partial charge in [-0.2, -0.15) is 0 Å². The highest BCUT2D eigenvalue weighted by molar-refractivity contribution is 5.45. The molecule has 1 aromatic carbocycles. The first-order valence-electron chi connectivity index (χ1n) is 11.8. The summed E-state index contributed by atoms with van der Waals surface area (Å²) in [6, 6.07) is 8.47. The minimum Gasteiger partial charge on any atom is -0.393 e. The average Bonchev–Trinajstić information content (AvgIpc) is 2.94. The molecule has 4 rings (SSSR count). The Morgan fingerprint density at radius 3 is 2.63 bits per heavy atom. The van der Waals surface area contributed by atoms with Gasteiger partial charge in [0.1, 0.15) is 0 Å². The second kappa shape index (κ2) is 7.96. The van der Waals surface area contributed by atoms with Crippen molar-refractivity contribution in [2.45, 2.75) is 77.5 Å². The number of anilines is 1. The number of rotatable bonds is 4. The number of aliphatic hydroxyl groups is 2. The van der Waals surface area contributed by atoms with Gasteiger partial charge in [-0.15, -0.1) is 0 Å². The molecule has 166 valence electrons. The van der Waals surface area contributed by atoms with Crippen molar-refractivity contribution in [2.75, 3.05) is 11.9 Å². The van der Waals surface area contributed by atoms with Gasteiger partial charge in [-0.25, -0.2) is 0 Å². The Kier molecular flexibility index (Phi) is 5.80. The Labute approximate surface area is 182 Å². The first-order chi connectivity index (χ1) is 14.1. The van der Waals surface area contributed by atoms with Crippen molar-refractivity contribution in [2.24, 2.45) is 34.3 Å². The molecule has 3 aliphatic carbocycles. The highest BCUT2D eigenvalue weighted by atomic mass is 16.3. The van der Waals surface area contributed by atoms with Crippen LogP contribution in [0.15, 0.2) is 36.4 Å². The predicted octanol–water partition coefficient (Wildman–Crippen LogP) is 4.25. The fourth-order valence-electron chi connectivity index (χ4n) is 7.02. The zero-order chi connectivity index (χ0) is 21.7. The molecule has 1 aromatic rings. The van der Waals surface area contributed by atoms with E-state index in [1.807, 2.05) is 0 Å². The maximum Gasteiger partial charge on any atom is 0.0610 e. The maximum atomic E-state index is 11.6. The molecule has 30 heavy (non-hydrogen) atoms. The molecule has 0 aromatic heterocycles. The van der Waals surface area contributed by atoms with E-state index in [0.29, 0.717) is 5.92 Å². The van der Waals surface area contributed by atoms with Gasteiger partial charge in [-0.3, -0.25) is 0 Å². The van der Waals surface area contributed by atoms with Crippen LogP contribution >= 0.6 is 0 Å². The topological polar surface area (TPSA) is 78.5 Å². The summed E-state index contributed by atoms with van der Waals surface area (Å²) < 4.78 is 0. The third-order valence-corrected chi connectivity index (χ3v) is 9.23. The first kappa shape index (κ1) is 21.9. The van der Waals surface area contributed by atoms with Gasteiger partial charge in [0.05, 0.1) is 12.2 Å². The van der Waals surface area contributed by atoms with Crippen LogP contribution in [0.4, 0.5) is 5.69 Å². The third kappa shape index (κ3) is 3.61. The van der Waals surface area contributed by atoms with Crippen molar-refractivity contribution in [3.8, 4) is 0 Å². The summed E-state index contributed by atoms with van der Waals surface area (Å²) in [7, 11) is 0. The lowest BCUT2D eigenvalue weighted by molar-refractivity contribution is -0.116. The summed E-state index contributed by atoms with van der Waals surface area (Å²) in [5, 5.41) is 25.7. The van der Waals surface area contributed by atoms with Gasteiger partial charge >= 0.3 is 0 Å². The van der Waals surface area contributed by atoms with Crippen molar-refractivity contribution in [3.05, 3.63) is 42.0 Å². The first-order valence-corrected chi connectivity index (χ1v) is 11.8. The molecule has 0 spiro atoms. The SMILES string of the molecule is C=C1C(N)CC2[C@H](O)C([C@@]3(C)CC[C@H](O)C[C@@H]3CNc3cccc(C)c3)CC[C@]12C. The fraction of sp³-hybridized carbons (Fsp3) is 0.692. The number of nitrogens with one attached hydrogen (secondary N) is 1. The summed E-state index contributed by atoms with van der Waals surface area (Å²) in [4.78, 5) is 0. The largest absolute Gasteiger partial charge is 0.393 e. The van der Waals surface area contributed by atoms with Crippen LogP contribution in [-0.4, -0.2) is 35.0 Å². The molecular formula is C26H40N2O2. The van der Waals surface area contributed by atoms with E-state index < -0.39 is 0 Å². The lowest BCUT2D eigenvalue weighted by Gasteiger charge is -2.55. The molecule has 8 atom stereocenters. The van der Waals surface area contributed by atoms with Gasteiger partial charge in [0, 0.05) is 18.3 Å². The van der Waals surface area contributed by atoms with Crippen LogP contribution in [0.25, 0.3) is 0 Å². The molecule has 0 aliphatic heterocycles. The molecule has 4 heteroatoms. The number of nitrogens with two attached hydrogens (primary N) is 1. The van der Waals surface area contributed by atoms with Crippen molar-refractivity contribution in [1.29, 1.82) is 0 Å². The number of hydrogen-bond acceptors (Lipinski definition) is 4. The molecular weight excluding hydrogens is 372 g/mol. The highest BCUT2D eigenvalue weighted by Gasteiger charge is 2.58. The molecule has 4 nitrogen and oxygen atoms in total. The molecule has 0 amide bonds. The minimum atomic E-state index is -0.351. The van der Waals surface area contributed by atoms with E-state index in [-0.39, 0.29) is 40.9 Å². The maximum absolute atomic E-state index is 11.6. The Hall–Kier alpha value is -1.36. The van der Waals surface area contributed by atoms with Crippen LogP contribution in [-0.2, 0) is 0 Å². The van der Waals surface area contributed by atoms with Crippen molar-refractivity contribution >= 4 is 5.69 Å². The molecule has 3 unspecified atom stereocenters. The predicted molar refractivity (Wildman–Crippen MR) is 123 cm³/mol. The Balaban J connectivity index is 1.55. The van der Waals surface area contributed by atoms with Crippen LogP contribution in [0.2, 0.25) is 0 Å². The second-order valence-electron chi connectivity index (χ2n) is 10.9. The lowest BCUT2D eigenvalue weighted by atomic mass is 9.52. The smallest absolute Gasteiger partial charge is 0.0610 e. The zero-order valence-corrected chi connectivity index (χ0v) is 18.9. The summed E-state index contributed by atoms with van der Waals surface area (Å²) in [6.07, 6.45) is 4.91. The Morgan fingerprint density at radius 2 is 1.90 bits per heavy atom. The monoisotopic (exact) mass is 412 g/mol. The molecule has 0 bridgehead atoms. The summed E-state index contributed by atoms with van der Waals surface area (Å²) in [5.41, 5.74) is 9.84. The van der Waals surface area contributed by atoms with Crippen LogP contribution < -0.4 is 11.1 Å². The van der Waals surface area contributed by atoms with Gasteiger partial charge in [0.15, 0.2) is 0 Å². The fourth-order valence-corrected chi connectivity index (χ4v) is 7.02. The molecule has 3 aliphatic rings. The minimum absolute atomic E-state index is 0.00478. The van der Waals surface area contributed by atoms with E-state index in [1.54, 1.807) is 0 Å². The van der Waals surface area contributed by atoms with E-state index >= 15 is 0 Å². The van der Waals surface area contributed by atoms with Crippen LogP contribution in [0.1, 0.15) is 57.9 Å². The number of hydrogen-bond donors (Lipinski definition) is 4. The zero-order valence-electron chi connectivity index (χ0n) is 18.9. The van der Waals surface area contributed by atoms with Gasteiger partial charge in [-0.05, 0) is 91.7 Å². The highest BCUT2D eigenvalue weighted by Crippen LogP contribution is 2.60. The summed E-state index contributed by atoms with van der Waals surface area (Å²) >= 11 is 0. The van der Waals surface area contributed by atoms with E-state index in [4.69, 9.17) is 5.73 Å². The number of aliphatic hydroxyl groups excluding tert-OH is 2. The Morgan fingerprint density at radius 1 is 1.13 bits per heavy atom. The molecule has 0 radical (unpaired) electrons. The van der Waals surface area contributed by atoms with Gasteiger partial charge < -0.3 is 21.3 Å². The van der Waals surface area contributed by atoms with E-state index in [0.717, 1.165) is 56.3 Å². The van der Waals surface area contributed by atoms with Crippen LogP contribution in [0.5, 0.6) is 0 Å². The van der Waals surface area contributed by atoms with Crippen LogP contribution in [0.3, 0.4) is 0 Å². The molecule has 0 heterocycles. The van der Waals surface area contributed by atoms with E-state index in [2.05, 4.69) is 56.9 Å². The normalized spacial score (nSPS) is 44.0. The number of aryl methyl sites for hydroxylation is 1. The standard InChI is InChI=1S/C26H40N2O2/c1-16-6-5-7-19(12-16)28-15-18-13-20(29)8-10-26(18,4)21-9-11-25(3)17(2)23(27)14-22(25)24(21)30/h5-7,12,18,20-24,28-30H,2,8-11,13-15,27H2,1,3-4H3/t18-,20+,21?,22?,23?,24-,25-,26+/m1/s1. The van der Waals surface area contributed by atoms with Gasteiger partial charge in [-0.1, -0.05) is 38.1 Å². The Bertz CT molecular complexity index is 795. The van der Waals surface area contributed by atoms with Crippen molar-refractivity contribution in [1.82, 2.24) is 0 Å². The average molecular weight is 413 g/mol. The molecule has 0 saturated heterocycles. The lowest BCUT2D eigenvalue weighted by Crippen LogP contribution is -2.53. The van der Waals surface area contributed by atoms with E-state index in [1.165, 1.54) is 5.56 Å². The quantitative estimate of drug-likeness (QED) is 0.557. The summed E-state index contributed by atoms with van der Waals surface area (Å²) in [6.45, 7) is 11.9. The van der Waals surface area contributed by atoms with Crippen LogP contribution in [0, 0.1) is 35.5 Å². The van der Waals surface area contributed by atoms with Gasteiger partial charge in [0.25, 0.3) is 0 Å².